The van der Waals surface area contributed by atoms with Crippen molar-refractivity contribution in [3.63, 3.8) is 0 Å². The number of ether oxygens (including phenoxy) is 1. The highest BCUT2D eigenvalue weighted by molar-refractivity contribution is 6.36. The summed E-state index contributed by atoms with van der Waals surface area (Å²) in [5, 5.41) is 4.65. The van der Waals surface area contributed by atoms with Crippen LogP contribution in [0.25, 0.3) is 11.3 Å². The molecule has 1 amide bonds. The molecular weight excluding hydrogens is 423 g/mol. The fourth-order valence-corrected chi connectivity index (χ4v) is 4.24. The Kier molecular flexibility index (Phi) is 7.55. The molecule has 0 radical (unpaired) electrons. The molecule has 1 aromatic carbocycles. The highest BCUT2D eigenvalue weighted by Crippen LogP contribution is 2.33. The van der Waals surface area contributed by atoms with Crippen LogP contribution in [0.4, 0.5) is 5.82 Å². The number of likely N-dealkylation sites (tertiary alicyclic amines) is 1. The third-order valence-corrected chi connectivity index (χ3v) is 5.86. The van der Waals surface area contributed by atoms with Crippen LogP contribution in [0.15, 0.2) is 18.2 Å². The molecule has 1 saturated heterocycles. The van der Waals surface area contributed by atoms with Crippen LogP contribution < -0.4 is 5.32 Å². The molecule has 162 valence electrons. The van der Waals surface area contributed by atoms with Gasteiger partial charge in [0.1, 0.15) is 5.82 Å². The summed E-state index contributed by atoms with van der Waals surface area (Å²) in [6.45, 7) is 9.39. The number of amides is 1. The number of halogens is 2. The molecule has 1 N–H and O–H groups in total. The minimum atomic E-state index is -0.0825. The second-order valence-corrected chi connectivity index (χ2v) is 8.16. The molecule has 0 bridgehead atoms. The van der Waals surface area contributed by atoms with Crippen molar-refractivity contribution >= 4 is 34.9 Å². The predicted molar refractivity (Wildman–Crippen MR) is 121 cm³/mol. The molecule has 1 fully saturated rings. The predicted octanol–water partition coefficient (Wildman–Crippen LogP) is 4.62. The van der Waals surface area contributed by atoms with E-state index in [2.05, 4.69) is 5.32 Å². The summed E-state index contributed by atoms with van der Waals surface area (Å²) in [4.78, 5) is 23.5. The summed E-state index contributed by atoms with van der Waals surface area (Å²) in [6.07, 6.45) is 1.33. The van der Waals surface area contributed by atoms with E-state index in [0.29, 0.717) is 42.6 Å². The van der Waals surface area contributed by atoms with E-state index in [0.717, 1.165) is 28.5 Å². The number of aromatic nitrogens is 2. The van der Waals surface area contributed by atoms with Gasteiger partial charge in [0.25, 0.3) is 0 Å². The highest BCUT2D eigenvalue weighted by Gasteiger charge is 2.35. The molecule has 30 heavy (non-hydrogen) atoms. The third kappa shape index (κ3) is 4.88. The number of anilines is 1. The van der Waals surface area contributed by atoms with E-state index in [-0.39, 0.29) is 18.1 Å². The fourth-order valence-electron chi connectivity index (χ4n) is 3.74. The lowest BCUT2D eigenvalue weighted by Gasteiger charge is -2.22. The number of hydrogen-bond acceptors (Lipinski definition) is 5. The Balaban J connectivity index is 1.96. The van der Waals surface area contributed by atoms with Gasteiger partial charge in [0.15, 0.2) is 0 Å². The first-order valence-electron chi connectivity index (χ1n) is 10.4. The van der Waals surface area contributed by atoms with Crippen LogP contribution >= 0.6 is 23.2 Å². The van der Waals surface area contributed by atoms with Crippen molar-refractivity contribution in [2.75, 3.05) is 25.0 Å². The van der Waals surface area contributed by atoms with Gasteiger partial charge in [0.05, 0.1) is 34.3 Å². The summed E-state index contributed by atoms with van der Waals surface area (Å²) in [5.41, 5.74) is 3.31. The van der Waals surface area contributed by atoms with Gasteiger partial charge in [-0.25, -0.2) is 9.97 Å². The monoisotopic (exact) mass is 450 g/mol. The quantitative estimate of drug-likeness (QED) is 0.665. The van der Waals surface area contributed by atoms with Gasteiger partial charge in [-0.3, -0.25) is 4.79 Å². The standard InChI is InChI=1S/C22H28Cl2N4O2/c1-5-17-21(15-9-8-14(23)10-16(15)24)25-18(6-2)22(26-17)27-19-11-28(13(4)29)12-20(19)30-7-3/h8-10,19-20H,5-7,11-12H2,1-4H3,(H,26,27)/t19-,20+/m1/s1. The van der Waals surface area contributed by atoms with Crippen LogP contribution in [0.3, 0.4) is 0 Å². The number of benzene rings is 1. The molecule has 6 nitrogen and oxygen atoms in total. The number of rotatable bonds is 7. The fraction of sp³-hybridized carbons (Fsp3) is 0.500. The first-order chi connectivity index (χ1) is 14.4. The molecule has 0 unspecified atom stereocenters. The van der Waals surface area contributed by atoms with Crippen LogP contribution in [0.5, 0.6) is 0 Å². The lowest BCUT2D eigenvalue weighted by molar-refractivity contribution is -0.128. The van der Waals surface area contributed by atoms with E-state index in [1.54, 1.807) is 17.9 Å². The van der Waals surface area contributed by atoms with Crippen molar-refractivity contribution in [3.05, 3.63) is 39.6 Å². The largest absolute Gasteiger partial charge is 0.374 e. The number of nitrogens with one attached hydrogen (secondary N) is 1. The SMILES string of the molecule is CCO[C@H]1CN(C(C)=O)C[C@H]1Nc1nc(CC)c(-c2ccc(Cl)cc2Cl)nc1CC. The van der Waals surface area contributed by atoms with Crippen LogP contribution in [-0.4, -0.2) is 52.6 Å². The van der Waals surface area contributed by atoms with Crippen molar-refractivity contribution in [2.45, 2.75) is 52.7 Å². The molecule has 1 aliphatic rings. The molecule has 2 heterocycles. The van der Waals surface area contributed by atoms with Gasteiger partial charge >= 0.3 is 0 Å². The molecule has 0 spiro atoms. The summed E-state index contributed by atoms with van der Waals surface area (Å²) in [7, 11) is 0. The Morgan fingerprint density at radius 1 is 1.17 bits per heavy atom. The molecule has 0 aliphatic carbocycles. The zero-order valence-corrected chi connectivity index (χ0v) is 19.3. The van der Waals surface area contributed by atoms with Crippen LogP contribution in [0.2, 0.25) is 10.0 Å². The Bertz CT molecular complexity index is 922. The van der Waals surface area contributed by atoms with Crippen molar-refractivity contribution in [1.29, 1.82) is 0 Å². The minimum absolute atomic E-state index is 0.0388. The van der Waals surface area contributed by atoms with Gasteiger partial charge in [-0.2, -0.15) is 0 Å². The van der Waals surface area contributed by atoms with Gasteiger partial charge in [0, 0.05) is 37.2 Å². The minimum Gasteiger partial charge on any atom is -0.374 e. The number of nitrogens with zero attached hydrogens (tertiary/aromatic N) is 3. The summed E-state index contributed by atoms with van der Waals surface area (Å²) in [5.74, 6) is 0.788. The smallest absolute Gasteiger partial charge is 0.219 e. The highest BCUT2D eigenvalue weighted by atomic mass is 35.5. The van der Waals surface area contributed by atoms with Crippen LogP contribution in [-0.2, 0) is 22.4 Å². The molecule has 2 aromatic rings. The van der Waals surface area contributed by atoms with Gasteiger partial charge in [0.2, 0.25) is 5.91 Å². The maximum absolute atomic E-state index is 11.9. The average molecular weight is 451 g/mol. The first kappa shape index (κ1) is 22.8. The van der Waals surface area contributed by atoms with Gasteiger partial charge < -0.3 is 15.0 Å². The summed E-state index contributed by atoms with van der Waals surface area (Å²) in [6, 6.07) is 5.37. The first-order valence-corrected chi connectivity index (χ1v) is 11.1. The average Bonchev–Trinajstić information content (AvgIpc) is 3.11. The molecule has 1 aromatic heterocycles. The van der Waals surface area contributed by atoms with E-state index in [1.807, 2.05) is 32.9 Å². The normalized spacial score (nSPS) is 18.7. The zero-order chi connectivity index (χ0) is 21.8. The molecule has 8 heteroatoms. The van der Waals surface area contributed by atoms with Gasteiger partial charge in [-0.05, 0) is 38.0 Å². The summed E-state index contributed by atoms with van der Waals surface area (Å²) < 4.78 is 5.88. The lowest BCUT2D eigenvalue weighted by Crippen LogP contribution is -2.35. The van der Waals surface area contributed by atoms with Crippen molar-refractivity contribution in [3.8, 4) is 11.3 Å². The van der Waals surface area contributed by atoms with Gasteiger partial charge in [-0.15, -0.1) is 0 Å². The van der Waals surface area contributed by atoms with E-state index in [9.17, 15) is 4.79 Å². The number of carbonyl (C=O) groups is 1. The molecule has 1 aliphatic heterocycles. The Morgan fingerprint density at radius 3 is 2.50 bits per heavy atom. The van der Waals surface area contributed by atoms with E-state index in [4.69, 9.17) is 37.9 Å². The zero-order valence-electron chi connectivity index (χ0n) is 17.8. The van der Waals surface area contributed by atoms with Crippen LogP contribution in [0.1, 0.15) is 39.1 Å². The maximum Gasteiger partial charge on any atom is 0.219 e. The van der Waals surface area contributed by atoms with Crippen LogP contribution in [0, 0.1) is 0 Å². The lowest BCUT2D eigenvalue weighted by atomic mass is 10.1. The van der Waals surface area contributed by atoms with Crippen molar-refractivity contribution in [2.24, 2.45) is 0 Å². The number of hydrogen-bond donors (Lipinski definition) is 1. The molecule has 0 saturated carbocycles. The number of aryl methyl sites for hydroxylation is 2. The Hall–Kier alpha value is -1.89. The van der Waals surface area contributed by atoms with E-state index >= 15 is 0 Å². The maximum atomic E-state index is 11.9. The second-order valence-electron chi connectivity index (χ2n) is 7.31. The second kappa shape index (κ2) is 9.94. The topological polar surface area (TPSA) is 67.3 Å². The number of carbonyl (C=O) groups excluding carboxylic acids is 1. The van der Waals surface area contributed by atoms with E-state index < -0.39 is 0 Å². The molecular formula is C22H28Cl2N4O2. The van der Waals surface area contributed by atoms with Gasteiger partial charge in [-0.1, -0.05) is 37.0 Å². The molecule has 3 rings (SSSR count). The Labute approximate surface area is 187 Å². The summed E-state index contributed by atoms with van der Waals surface area (Å²) >= 11 is 12.5. The van der Waals surface area contributed by atoms with E-state index in [1.165, 1.54) is 0 Å². The van der Waals surface area contributed by atoms with Crippen molar-refractivity contribution in [1.82, 2.24) is 14.9 Å². The van der Waals surface area contributed by atoms with Crippen molar-refractivity contribution < 1.29 is 9.53 Å². The third-order valence-electron chi connectivity index (χ3n) is 5.31. The Morgan fingerprint density at radius 2 is 1.90 bits per heavy atom. The molecule has 2 atom stereocenters.